The van der Waals surface area contributed by atoms with Crippen LogP contribution in [0.1, 0.15) is 56.3 Å². The molecule has 0 spiro atoms. The summed E-state index contributed by atoms with van der Waals surface area (Å²) in [6.45, 7) is 4.90. The zero-order valence-corrected chi connectivity index (χ0v) is 17.8. The number of carbonyl (C=O) groups is 2. The molecule has 2 aliphatic rings. The Morgan fingerprint density at radius 1 is 1.07 bits per heavy atom. The highest BCUT2D eigenvalue weighted by Crippen LogP contribution is 2.27. The first-order valence-corrected chi connectivity index (χ1v) is 10.6. The Kier molecular flexibility index (Phi) is 6.92. The van der Waals surface area contributed by atoms with E-state index in [1.54, 1.807) is 25.8 Å². The van der Waals surface area contributed by atoms with E-state index in [2.05, 4.69) is 9.97 Å². The molecule has 2 heterocycles. The van der Waals surface area contributed by atoms with Crippen LogP contribution in [-0.4, -0.2) is 64.4 Å². The van der Waals surface area contributed by atoms with Crippen LogP contribution in [-0.2, 0) is 9.59 Å². The summed E-state index contributed by atoms with van der Waals surface area (Å²) in [6, 6.07) is 0.293. The second-order valence-corrected chi connectivity index (χ2v) is 8.28. The normalized spacial score (nSPS) is 18.5. The molecule has 1 aromatic rings. The highest BCUT2D eigenvalue weighted by molar-refractivity contribution is 5.79. The number of likely N-dealkylation sites (N-methyl/N-ethyl adjacent to an activating group) is 1. The Morgan fingerprint density at radius 3 is 2.24 bits per heavy atom. The Bertz CT molecular complexity index is 717. The Morgan fingerprint density at radius 2 is 1.66 bits per heavy atom. The van der Waals surface area contributed by atoms with E-state index in [1.165, 1.54) is 19.3 Å². The number of carbonyl (C=O) groups excluding carboxylic acids is 2. The van der Waals surface area contributed by atoms with Gasteiger partial charge in [0.05, 0.1) is 17.1 Å². The van der Waals surface area contributed by atoms with Crippen molar-refractivity contribution in [3.63, 3.8) is 0 Å². The van der Waals surface area contributed by atoms with Gasteiger partial charge in [0.15, 0.2) is 6.61 Å². The van der Waals surface area contributed by atoms with Gasteiger partial charge < -0.3 is 20.3 Å². The Hall–Kier alpha value is -2.38. The van der Waals surface area contributed by atoms with Gasteiger partial charge >= 0.3 is 6.01 Å². The van der Waals surface area contributed by atoms with Crippen molar-refractivity contribution in [3.05, 3.63) is 11.4 Å². The average molecular weight is 404 g/mol. The van der Waals surface area contributed by atoms with Crippen LogP contribution >= 0.6 is 0 Å². The smallest absolute Gasteiger partial charge is 0.317 e. The number of ether oxygens (including phenoxy) is 1. The van der Waals surface area contributed by atoms with Crippen molar-refractivity contribution in [1.29, 1.82) is 0 Å². The predicted molar refractivity (Wildman–Crippen MR) is 110 cm³/mol. The summed E-state index contributed by atoms with van der Waals surface area (Å²) in [6.07, 6.45) is 7.25. The van der Waals surface area contributed by atoms with Crippen LogP contribution in [0.4, 0.5) is 5.69 Å². The molecule has 8 nitrogen and oxygen atoms in total. The molecule has 1 saturated carbocycles. The van der Waals surface area contributed by atoms with E-state index < -0.39 is 0 Å². The third-order valence-electron chi connectivity index (χ3n) is 6.30. The van der Waals surface area contributed by atoms with Crippen LogP contribution in [0.3, 0.4) is 0 Å². The minimum absolute atomic E-state index is 0.111. The van der Waals surface area contributed by atoms with Gasteiger partial charge in [0.1, 0.15) is 0 Å². The van der Waals surface area contributed by atoms with E-state index in [4.69, 9.17) is 10.5 Å². The maximum Gasteiger partial charge on any atom is 0.317 e. The molecule has 1 aliphatic carbocycles. The monoisotopic (exact) mass is 403 g/mol. The van der Waals surface area contributed by atoms with E-state index in [-0.39, 0.29) is 30.5 Å². The first-order chi connectivity index (χ1) is 13.9. The number of aromatic nitrogens is 2. The molecule has 160 valence electrons. The van der Waals surface area contributed by atoms with Gasteiger partial charge in [-0.2, -0.15) is 9.97 Å². The van der Waals surface area contributed by atoms with Crippen LogP contribution in [0.2, 0.25) is 0 Å². The number of hydrogen-bond acceptors (Lipinski definition) is 6. The van der Waals surface area contributed by atoms with Crippen LogP contribution in [0.25, 0.3) is 0 Å². The number of amides is 2. The molecule has 3 rings (SSSR count). The van der Waals surface area contributed by atoms with Crippen LogP contribution < -0.4 is 10.5 Å². The lowest BCUT2D eigenvalue weighted by molar-refractivity contribution is -0.140. The minimum Gasteiger partial charge on any atom is -0.453 e. The molecule has 0 bridgehead atoms. The summed E-state index contributed by atoms with van der Waals surface area (Å²) >= 11 is 0. The van der Waals surface area contributed by atoms with Crippen molar-refractivity contribution in [2.45, 2.75) is 64.8 Å². The predicted octanol–water partition coefficient (Wildman–Crippen LogP) is 2.08. The number of nitrogens with two attached hydrogens (primary N) is 1. The molecule has 1 aromatic heterocycles. The lowest BCUT2D eigenvalue weighted by Crippen LogP contribution is -2.49. The zero-order chi connectivity index (χ0) is 21.0. The van der Waals surface area contributed by atoms with Gasteiger partial charge in [-0.3, -0.25) is 9.59 Å². The fraction of sp³-hybridized carbons (Fsp3) is 0.714. The van der Waals surface area contributed by atoms with Gasteiger partial charge in [-0.25, -0.2) is 0 Å². The second-order valence-electron chi connectivity index (χ2n) is 8.28. The van der Waals surface area contributed by atoms with Gasteiger partial charge in [-0.05, 0) is 39.5 Å². The molecule has 29 heavy (non-hydrogen) atoms. The molecule has 8 heteroatoms. The number of nitrogens with zero attached hydrogens (tertiary/aromatic N) is 4. The first-order valence-electron chi connectivity index (χ1n) is 10.6. The molecule has 1 aliphatic heterocycles. The number of aryl methyl sites for hydroxylation is 2. The lowest BCUT2D eigenvalue weighted by Gasteiger charge is -2.38. The third-order valence-corrected chi connectivity index (χ3v) is 6.30. The minimum atomic E-state index is -0.113. The molecular weight excluding hydrogens is 370 g/mol. The van der Waals surface area contributed by atoms with Crippen molar-refractivity contribution in [3.8, 4) is 6.01 Å². The summed E-state index contributed by atoms with van der Waals surface area (Å²) < 4.78 is 5.50. The molecule has 0 atom stereocenters. The third kappa shape index (κ3) is 5.16. The summed E-state index contributed by atoms with van der Waals surface area (Å²) in [7, 11) is 1.80. The van der Waals surface area contributed by atoms with Gasteiger partial charge in [-0.15, -0.1) is 0 Å². The molecule has 0 unspecified atom stereocenters. The lowest BCUT2D eigenvalue weighted by atomic mass is 9.87. The maximum absolute atomic E-state index is 12.7. The molecule has 0 aromatic carbocycles. The van der Waals surface area contributed by atoms with Crippen LogP contribution in [0, 0.1) is 19.8 Å². The van der Waals surface area contributed by atoms with E-state index in [0.717, 1.165) is 38.8 Å². The van der Waals surface area contributed by atoms with E-state index in [9.17, 15) is 9.59 Å². The number of hydrogen-bond donors (Lipinski definition) is 1. The van der Waals surface area contributed by atoms with E-state index in [0.29, 0.717) is 23.0 Å². The molecule has 1 saturated heterocycles. The van der Waals surface area contributed by atoms with Crippen molar-refractivity contribution >= 4 is 17.5 Å². The molecule has 2 fully saturated rings. The van der Waals surface area contributed by atoms with E-state index >= 15 is 0 Å². The SMILES string of the molecule is Cc1nc(OCC(=O)N(C)C2CCN(C(=O)C3CCCCC3)CC2)nc(C)c1N. The topological polar surface area (TPSA) is 102 Å². The largest absolute Gasteiger partial charge is 0.453 e. The highest BCUT2D eigenvalue weighted by atomic mass is 16.5. The second kappa shape index (κ2) is 9.41. The molecule has 0 radical (unpaired) electrons. The van der Waals surface area contributed by atoms with Gasteiger partial charge in [0.2, 0.25) is 5.91 Å². The van der Waals surface area contributed by atoms with Crippen molar-refractivity contribution in [2.75, 3.05) is 32.5 Å². The standard InChI is InChI=1S/C21H33N5O3/c1-14-19(22)15(2)24-21(23-14)29-13-18(27)25(3)17-9-11-26(12-10-17)20(28)16-7-5-4-6-8-16/h16-17H,4-13,22H2,1-3H3. The van der Waals surface area contributed by atoms with Crippen molar-refractivity contribution in [2.24, 2.45) is 5.92 Å². The summed E-state index contributed by atoms with van der Waals surface area (Å²) in [5.41, 5.74) is 7.67. The quantitative estimate of drug-likeness (QED) is 0.808. The first kappa shape index (κ1) is 21.3. The number of nitrogen functional groups attached to an aromatic ring is 1. The summed E-state index contributed by atoms with van der Waals surface area (Å²) in [5, 5.41) is 0. The number of piperidine rings is 1. The maximum atomic E-state index is 12.7. The van der Waals surface area contributed by atoms with Crippen molar-refractivity contribution < 1.29 is 14.3 Å². The number of rotatable bonds is 5. The number of anilines is 1. The van der Waals surface area contributed by atoms with Gasteiger partial charge in [0, 0.05) is 32.1 Å². The van der Waals surface area contributed by atoms with Gasteiger partial charge in [0.25, 0.3) is 5.91 Å². The van der Waals surface area contributed by atoms with Crippen LogP contribution in [0.15, 0.2) is 0 Å². The van der Waals surface area contributed by atoms with Crippen molar-refractivity contribution in [1.82, 2.24) is 19.8 Å². The fourth-order valence-corrected chi connectivity index (χ4v) is 4.27. The highest BCUT2D eigenvalue weighted by Gasteiger charge is 2.31. The van der Waals surface area contributed by atoms with Gasteiger partial charge in [-0.1, -0.05) is 19.3 Å². The average Bonchev–Trinajstić information content (AvgIpc) is 2.75. The molecule has 2 N–H and O–H groups in total. The Labute approximate surface area is 172 Å². The Balaban J connectivity index is 1.46. The molecular formula is C21H33N5O3. The van der Waals surface area contributed by atoms with Crippen LogP contribution in [0.5, 0.6) is 6.01 Å². The summed E-state index contributed by atoms with van der Waals surface area (Å²) in [4.78, 5) is 37.3. The molecule has 2 amide bonds. The fourth-order valence-electron chi connectivity index (χ4n) is 4.27. The van der Waals surface area contributed by atoms with E-state index in [1.807, 2.05) is 4.90 Å². The summed E-state index contributed by atoms with van der Waals surface area (Å²) in [5.74, 6) is 0.407. The zero-order valence-electron chi connectivity index (χ0n) is 17.8. The number of likely N-dealkylation sites (tertiary alicyclic amines) is 1.